The van der Waals surface area contributed by atoms with E-state index in [4.69, 9.17) is 4.74 Å². The second-order valence-electron chi connectivity index (χ2n) is 5.53. The third-order valence-electron chi connectivity index (χ3n) is 3.55. The van der Waals surface area contributed by atoms with E-state index in [9.17, 15) is 9.59 Å². The van der Waals surface area contributed by atoms with Crippen LogP contribution in [0.2, 0.25) is 0 Å². The highest BCUT2D eigenvalue weighted by Crippen LogP contribution is 2.37. The van der Waals surface area contributed by atoms with Crippen molar-refractivity contribution in [3.05, 3.63) is 28.9 Å². The third kappa shape index (κ3) is 3.99. The Hall–Kier alpha value is -1.80. The van der Waals surface area contributed by atoms with Crippen LogP contribution in [0.25, 0.3) is 0 Å². The molecule has 24 heavy (non-hydrogen) atoms. The van der Waals surface area contributed by atoms with Gasteiger partial charge >= 0.3 is 5.97 Å². The fourth-order valence-electron chi connectivity index (χ4n) is 2.29. The molecule has 3 rings (SSSR count). The molecule has 2 aromatic heterocycles. The molecule has 1 aliphatic rings. The number of anilines is 1. The lowest BCUT2D eigenvalue weighted by Crippen LogP contribution is -2.13. The van der Waals surface area contributed by atoms with Crippen LogP contribution in [0.4, 0.5) is 5.00 Å². The van der Waals surface area contributed by atoms with Gasteiger partial charge in [0, 0.05) is 18.4 Å². The first kappa shape index (κ1) is 17.0. The molecule has 1 fully saturated rings. The van der Waals surface area contributed by atoms with Crippen LogP contribution < -0.4 is 5.32 Å². The van der Waals surface area contributed by atoms with Gasteiger partial charge in [0.25, 0.3) is 0 Å². The number of nitrogens with one attached hydrogen (secondary N) is 1. The van der Waals surface area contributed by atoms with Crippen LogP contribution in [0.15, 0.2) is 23.6 Å². The Bertz CT molecular complexity index is 750. The fourth-order valence-corrected chi connectivity index (χ4v) is 4.10. The maximum Gasteiger partial charge on any atom is 0.348 e. The Labute approximate surface area is 148 Å². The Morgan fingerprint density at radius 1 is 1.50 bits per heavy atom. The maximum absolute atomic E-state index is 12.1. The number of thiophene rings is 1. The van der Waals surface area contributed by atoms with Crippen LogP contribution in [0, 0.1) is 6.92 Å². The van der Waals surface area contributed by atoms with Crippen molar-refractivity contribution in [3.8, 4) is 0 Å². The van der Waals surface area contributed by atoms with E-state index in [0.717, 1.165) is 10.7 Å². The van der Waals surface area contributed by atoms with Gasteiger partial charge in [-0.3, -0.25) is 4.79 Å². The van der Waals surface area contributed by atoms with E-state index in [2.05, 4.69) is 14.9 Å². The lowest BCUT2D eigenvalue weighted by molar-refractivity contribution is -0.113. The van der Waals surface area contributed by atoms with Gasteiger partial charge in [0.2, 0.25) is 5.91 Å². The molecular weight excluding hydrogens is 346 g/mol. The minimum Gasteiger partial charge on any atom is -0.462 e. The summed E-state index contributed by atoms with van der Waals surface area (Å²) in [7, 11) is 0. The number of esters is 1. The average molecular weight is 365 g/mol. The van der Waals surface area contributed by atoms with Crippen LogP contribution in [0.3, 0.4) is 0 Å². The van der Waals surface area contributed by atoms with Crippen molar-refractivity contribution in [1.29, 1.82) is 0 Å². The van der Waals surface area contributed by atoms with Gasteiger partial charge in [-0.1, -0.05) is 11.8 Å². The molecule has 2 aromatic rings. The van der Waals surface area contributed by atoms with Crippen molar-refractivity contribution >= 4 is 40.0 Å². The molecule has 1 N–H and O–H groups in total. The van der Waals surface area contributed by atoms with E-state index in [1.165, 1.54) is 35.9 Å². The predicted molar refractivity (Wildman–Crippen MR) is 94.9 cm³/mol. The molecule has 0 radical (unpaired) electrons. The Kier molecular flexibility index (Phi) is 5.25. The second kappa shape index (κ2) is 7.40. The molecule has 0 unspecified atom stereocenters. The van der Waals surface area contributed by atoms with Gasteiger partial charge in [-0.05, 0) is 38.3 Å². The van der Waals surface area contributed by atoms with Crippen molar-refractivity contribution in [2.75, 3.05) is 17.7 Å². The van der Waals surface area contributed by atoms with Crippen LogP contribution in [-0.2, 0) is 9.53 Å². The predicted octanol–water partition coefficient (Wildman–Crippen LogP) is 3.50. The quantitative estimate of drug-likeness (QED) is 0.600. The number of aromatic nitrogens is 2. The highest BCUT2D eigenvalue weighted by Gasteiger charge is 2.25. The summed E-state index contributed by atoms with van der Waals surface area (Å²) < 4.78 is 7.14. The minimum atomic E-state index is -0.346. The van der Waals surface area contributed by atoms with E-state index in [0.29, 0.717) is 22.5 Å². The fraction of sp³-hybridized carbons (Fsp3) is 0.438. The van der Waals surface area contributed by atoms with Crippen molar-refractivity contribution in [2.24, 2.45) is 0 Å². The van der Waals surface area contributed by atoms with Gasteiger partial charge < -0.3 is 14.6 Å². The van der Waals surface area contributed by atoms with E-state index in [-0.39, 0.29) is 17.6 Å². The van der Waals surface area contributed by atoms with E-state index >= 15 is 0 Å². The van der Waals surface area contributed by atoms with E-state index in [1.54, 1.807) is 19.2 Å². The number of hydrogen-bond donors (Lipinski definition) is 1. The zero-order valence-electron chi connectivity index (χ0n) is 13.6. The summed E-state index contributed by atoms with van der Waals surface area (Å²) in [6, 6.07) is 2.34. The normalized spacial score (nSPS) is 13.8. The summed E-state index contributed by atoms with van der Waals surface area (Å²) in [5.41, 5.74) is 0.811. The minimum absolute atomic E-state index is 0.109. The average Bonchev–Trinajstić information content (AvgIpc) is 3.16. The lowest BCUT2D eigenvalue weighted by Gasteiger charge is -2.05. The molecule has 128 valence electrons. The Morgan fingerprint density at radius 3 is 3.00 bits per heavy atom. The molecule has 2 heterocycles. The number of imidazole rings is 1. The first-order chi connectivity index (χ1) is 11.6. The van der Waals surface area contributed by atoms with Gasteiger partial charge in [0.05, 0.1) is 17.4 Å². The van der Waals surface area contributed by atoms with Crippen molar-refractivity contribution in [1.82, 2.24) is 9.55 Å². The highest BCUT2D eigenvalue weighted by atomic mass is 32.2. The van der Waals surface area contributed by atoms with Gasteiger partial charge in [-0.15, -0.1) is 11.3 Å². The zero-order chi connectivity index (χ0) is 17.1. The smallest absolute Gasteiger partial charge is 0.348 e. The van der Waals surface area contributed by atoms with Crippen LogP contribution in [0.1, 0.15) is 41.0 Å². The number of carbonyl (C=O) groups is 2. The second-order valence-corrected chi connectivity index (χ2v) is 7.52. The molecule has 0 bridgehead atoms. The van der Waals surface area contributed by atoms with Crippen molar-refractivity contribution < 1.29 is 14.3 Å². The summed E-state index contributed by atoms with van der Waals surface area (Å²) in [4.78, 5) is 28.8. The SMILES string of the molecule is CCOC(=O)c1sc(NC(=O)CSc2nccn2C2CC2)cc1C. The van der Waals surface area contributed by atoms with Gasteiger partial charge in [0.15, 0.2) is 5.16 Å². The number of thioether (sulfide) groups is 1. The molecule has 6 nitrogen and oxygen atoms in total. The number of nitrogens with zero attached hydrogens (tertiary/aromatic N) is 2. The lowest BCUT2D eigenvalue weighted by atomic mass is 10.3. The number of amides is 1. The first-order valence-electron chi connectivity index (χ1n) is 7.81. The molecule has 1 saturated carbocycles. The highest BCUT2D eigenvalue weighted by molar-refractivity contribution is 7.99. The topological polar surface area (TPSA) is 73.2 Å². The van der Waals surface area contributed by atoms with E-state index in [1.807, 2.05) is 13.1 Å². The largest absolute Gasteiger partial charge is 0.462 e. The zero-order valence-corrected chi connectivity index (χ0v) is 15.2. The van der Waals surface area contributed by atoms with Crippen LogP contribution >= 0.6 is 23.1 Å². The first-order valence-corrected chi connectivity index (χ1v) is 9.61. The van der Waals surface area contributed by atoms with Gasteiger partial charge in [-0.25, -0.2) is 9.78 Å². The maximum atomic E-state index is 12.1. The molecule has 0 spiro atoms. The number of carbonyl (C=O) groups excluding carboxylic acids is 2. The summed E-state index contributed by atoms with van der Waals surface area (Å²) >= 11 is 2.67. The summed E-state index contributed by atoms with van der Waals surface area (Å²) in [5.74, 6) is -0.168. The Balaban J connectivity index is 1.56. The summed E-state index contributed by atoms with van der Waals surface area (Å²) in [6.07, 6.45) is 6.10. The molecule has 8 heteroatoms. The third-order valence-corrected chi connectivity index (χ3v) is 5.66. The van der Waals surface area contributed by atoms with E-state index < -0.39 is 0 Å². The molecule has 1 aliphatic carbocycles. The Morgan fingerprint density at radius 2 is 2.29 bits per heavy atom. The van der Waals surface area contributed by atoms with Gasteiger partial charge in [0.1, 0.15) is 4.88 Å². The molecule has 1 amide bonds. The number of hydrogen-bond acceptors (Lipinski definition) is 6. The molecule has 0 saturated heterocycles. The molecule has 0 atom stereocenters. The summed E-state index contributed by atoms with van der Waals surface area (Å²) in [5, 5.41) is 4.38. The van der Waals surface area contributed by atoms with Crippen LogP contribution in [0.5, 0.6) is 0 Å². The van der Waals surface area contributed by atoms with Gasteiger partial charge in [-0.2, -0.15) is 0 Å². The molecular formula is C16H19N3O3S2. The van der Waals surface area contributed by atoms with Crippen LogP contribution in [-0.4, -0.2) is 33.8 Å². The van der Waals surface area contributed by atoms with Crippen molar-refractivity contribution in [3.63, 3.8) is 0 Å². The standard InChI is InChI=1S/C16H19N3O3S2/c1-3-22-15(21)14-10(2)8-13(24-14)18-12(20)9-23-16-17-6-7-19(16)11-4-5-11/h6-8,11H,3-5,9H2,1-2H3,(H,18,20). The summed E-state index contributed by atoms with van der Waals surface area (Å²) in [6.45, 7) is 3.94. The number of aryl methyl sites for hydroxylation is 1. The number of ether oxygens (including phenoxy) is 1. The molecule has 0 aliphatic heterocycles. The monoisotopic (exact) mass is 365 g/mol. The molecule has 0 aromatic carbocycles. The van der Waals surface area contributed by atoms with Crippen molar-refractivity contribution in [2.45, 2.75) is 37.9 Å². The number of rotatable bonds is 7.